The maximum absolute atomic E-state index is 14.0. The lowest BCUT2D eigenvalue weighted by molar-refractivity contribution is -0.131. The number of halogens is 2. The van der Waals surface area contributed by atoms with Gasteiger partial charge in [-0.05, 0) is 61.3 Å². The second-order valence-electron chi connectivity index (χ2n) is 12.5. The quantitative estimate of drug-likeness (QED) is 0.418. The van der Waals surface area contributed by atoms with Gasteiger partial charge in [-0.25, -0.2) is 8.78 Å². The van der Waals surface area contributed by atoms with Crippen LogP contribution in [0.2, 0.25) is 0 Å². The average molecular weight is 580 g/mol. The number of nitrogens with zero attached hydrogens (tertiary/aromatic N) is 2. The molecule has 5 rings (SSSR count). The first-order chi connectivity index (χ1) is 20.2. The van der Waals surface area contributed by atoms with Crippen LogP contribution < -0.4 is 5.32 Å². The lowest BCUT2D eigenvalue weighted by Gasteiger charge is -2.42. The molecule has 2 amide bonds. The molecule has 3 aliphatic rings. The van der Waals surface area contributed by atoms with E-state index in [2.05, 4.69) is 11.4 Å². The number of amides is 2. The van der Waals surface area contributed by atoms with E-state index in [1.807, 2.05) is 35.8 Å². The van der Waals surface area contributed by atoms with Crippen molar-refractivity contribution < 1.29 is 23.2 Å². The molecule has 1 aliphatic carbocycles. The van der Waals surface area contributed by atoms with Gasteiger partial charge in [0.05, 0.1) is 12.6 Å². The van der Waals surface area contributed by atoms with E-state index in [-0.39, 0.29) is 54.5 Å². The van der Waals surface area contributed by atoms with Gasteiger partial charge in [0, 0.05) is 55.2 Å². The van der Waals surface area contributed by atoms with E-state index in [1.165, 1.54) is 18.6 Å². The summed E-state index contributed by atoms with van der Waals surface area (Å²) in [6.45, 7) is 5.84. The Kier molecular flexibility index (Phi) is 9.71. The van der Waals surface area contributed by atoms with Crippen LogP contribution in [0.1, 0.15) is 91.8 Å². The number of ketones is 1. The zero-order valence-corrected chi connectivity index (χ0v) is 24.8. The lowest BCUT2D eigenvalue weighted by atomic mass is 9.78. The third kappa shape index (κ3) is 6.59. The number of Topliss-reactive ketones (excluding diaryl/α,β-unsaturated/α-hetero) is 1. The number of likely N-dealkylation sites (tertiary alicyclic amines) is 1. The van der Waals surface area contributed by atoms with Gasteiger partial charge in [0.2, 0.25) is 5.91 Å². The summed E-state index contributed by atoms with van der Waals surface area (Å²) in [4.78, 5) is 44.2. The fourth-order valence-corrected chi connectivity index (χ4v) is 7.19. The van der Waals surface area contributed by atoms with Crippen LogP contribution in [0.4, 0.5) is 8.78 Å². The third-order valence-electron chi connectivity index (χ3n) is 9.42. The Labute approximate surface area is 247 Å². The van der Waals surface area contributed by atoms with E-state index >= 15 is 0 Å². The molecule has 0 aromatic heterocycles. The first-order valence-electron chi connectivity index (χ1n) is 15.6. The molecule has 1 unspecified atom stereocenters. The summed E-state index contributed by atoms with van der Waals surface area (Å²) < 4.78 is 27.1. The summed E-state index contributed by atoms with van der Waals surface area (Å²) in [5, 5.41) is 3.00. The molecule has 2 heterocycles. The molecule has 226 valence electrons. The van der Waals surface area contributed by atoms with Gasteiger partial charge in [0.15, 0.2) is 5.78 Å². The van der Waals surface area contributed by atoms with Crippen LogP contribution in [0.5, 0.6) is 0 Å². The summed E-state index contributed by atoms with van der Waals surface area (Å²) in [6, 6.07) is 9.01. The Balaban J connectivity index is 1.27. The fourth-order valence-electron chi connectivity index (χ4n) is 7.19. The Morgan fingerprint density at radius 3 is 2.52 bits per heavy atom. The number of benzene rings is 2. The van der Waals surface area contributed by atoms with E-state index < -0.39 is 11.6 Å². The van der Waals surface area contributed by atoms with Crippen molar-refractivity contribution >= 4 is 17.6 Å². The van der Waals surface area contributed by atoms with E-state index in [0.29, 0.717) is 37.2 Å². The summed E-state index contributed by atoms with van der Waals surface area (Å²) >= 11 is 0. The van der Waals surface area contributed by atoms with Crippen molar-refractivity contribution in [2.75, 3.05) is 26.2 Å². The van der Waals surface area contributed by atoms with Crippen molar-refractivity contribution in [1.82, 2.24) is 15.1 Å². The molecule has 2 fully saturated rings. The number of carbonyl (C=O) groups is 3. The van der Waals surface area contributed by atoms with Crippen LogP contribution in [0.15, 0.2) is 36.4 Å². The van der Waals surface area contributed by atoms with Crippen LogP contribution in [0, 0.1) is 23.5 Å². The zero-order valence-electron chi connectivity index (χ0n) is 24.8. The second-order valence-corrected chi connectivity index (χ2v) is 12.5. The monoisotopic (exact) mass is 579 g/mol. The standard InChI is InChI=1S/C34H43F2N3O3/c1-22(2)33(41)32(23-8-4-3-5-9-23)39-17-15-28-27(11-6-12-29(28)34(39)42)25-10-7-16-38(21-25)31(40)20-37-19-24-13-14-26(35)18-30(24)36/h6,11-14,18,22-23,25,32,37H,3-5,7-10,15-17,19-21H2,1-2H3/t25?,32-/m1/s1. The number of carbonyl (C=O) groups excluding carboxylic acids is 3. The molecule has 8 heteroatoms. The largest absolute Gasteiger partial charge is 0.341 e. The Hall–Kier alpha value is -3.13. The van der Waals surface area contributed by atoms with Crippen molar-refractivity contribution in [2.24, 2.45) is 11.8 Å². The zero-order chi connectivity index (χ0) is 29.8. The van der Waals surface area contributed by atoms with Crippen molar-refractivity contribution in [3.05, 3.63) is 70.3 Å². The predicted molar refractivity (Wildman–Crippen MR) is 158 cm³/mol. The Morgan fingerprint density at radius 1 is 1.00 bits per heavy atom. The molecule has 1 N–H and O–H groups in total. The number of piperidine rings is 1. The minimum absolute atomic E-state index is 0.0383. The highest BCUT2D eigenvalue weighted by atomic mass is 19.1. The molecular weight excluding hydrogens is 536 g/mol. The number of hydrogen-bond acceptors (Lipinski definition) is 4. The molecule has 6 nitrogen and oxygen atoms in total. The van der Waals surface area contributed by atoms with Crippen LogP contribution in [0.25, 0.3) is 0 Å². The maximum Gasteiger partial charge on any atom is 0.254 e. The minimum atomic E-state index is -0.631. The van der Waals surface area contributed by atoms with Crippen LogP contribution in [-0.4, -0.2) is 59.6 Å². The van der Waals surface area contributed by atoms with Gasteiger partial charge >= 0.3 is 0 Å². The number of rotatable bonds is 9. The normalized spacial score (nSPS) is 20.5. The highest BCUT2D eigenvalue weighted by Crippen LogP contribution is 2.37. The molecular formula is C34H43F2N3O3. The molecule has 2 aromatic carbocycles. The van der Waals surface area contributed by atoms with Gasteiger partial charge in [0.1, 0.15) is 11.6 Å². The smallest absolute Gasteiger partial charge is 0.254 e. The van der Waals surface area contributed by atoms with Crippen molar-refractivity contribution in [1.29, 1.82) is 0 Å². The summed E-state index contributed by atoms with van der Waals surface area (Å²) in [5.74, 6) is -0.947. The third-order valence-corrected chi connectivity index (χ3v) is 9.42. The van der Waals surface area contributed by atoms with E-state index in [1.54, 1.807) is 0 Å². The van der Waals surface area contributed by atoms with Crippen molar-refractivity contribution in [3.8, 4) is 0 Å². The number of hydrogen-bond donors (Lipinski definition) is 1. The summed E-state index contributed by atoms with van der Waals surface area (Å²) in [6.07, 6.45) is 7.93. The van der Waals surface area contributed by atoms with Crippen LogP contribution in [-0.2, 0) is 22.6 Å². The molecule has 1 saturated carbocycles. The highest BCUT2D eigenvalue weighted by Gasteiger charge is 2.41. The summed E-state index contributed by atoms with van der Waals surface area (Å²) in [5.41, 5.74) is 3.20. The lowest BCUT2D eigenvalue weighted by Crippen LogP contribution is -2.53. The Bertz CT molecular complexity index is 1310. The van der Waals surface area contributed by atoms with Gasteiger partial charge < -0.3 is 15.1 Å². The molecule has 2 aliphatic heterocycles. The Morgan fingerprint density at radius 2 is 1.79 bits per heavy atom. The topological polar surface area (TPSA) is 69.7 Å². The molecule has 1 saturated heterocycles. The highest BCUT2D eigenvalue weighted by molar-refractivity contribution is 6.00. The first kappa shape index (κ1) is 30.3. The van der Waals surface area contributed by atoms with Crippen LogP contribution in [0.3, 0.4) is 0 Å². The molecule has 0 bridgehead atoms. The minimum Gasteiger partial charge on any atom is -0.341 e. The molecule has 42 heavy (non-hydrogen) atoms. The molecule has 2 aromatic rings. The van der Waals surface area contributed by atoms with Crippen molar-refractivity contribution in [3.63, 3.8) is 0 Å². The summed E-state index contributed by atoms with van der Waals surface area (Å²) in [7, 11) is 0. The number of nitrogens with one attached hydrogen (secondary N) is 1. The SMILES string of the molecule is CC(C)C(=O)[C@@H](C1CCCCC1)N1CCc2c(cccc2C2CCCN(C(=O)CNCc3ccc(F)cc3F)C2)C1=O. The molecule has 2 atom stereocenters. The number of fused-ring (bicyclic) bond motifs is 1. The average Bonchev–Trinajstić information content (AvgIpc) is 2.99. The predicted octanol–water partition coefficient (Wildman–Crippen LogP) is 5.63. The van der Waals surface area contributed by atoms with Gasteiger partial charge in [-0.2, -0.15) is 0 Å². The van der Waals surface area contributed by atoms with Crippen LogP contribution >= 0.6 is 0 Å². The maximum atomic E-state index is 14.0. The van der Waals surface area contributed by atoms with Crippen molar-refractivity contribution in [2.45, 2.75) is 83.7 Å². The van der Waals surface area contributed by atoms with E-state index in [0.717, 1.165) is 55.7 Å². The molecule has 0 spiro atoms. The van der Waals surface area contributed by atoms with Gasteiger partial charge in [-0.3, -0.25) is 14.4 Å². The van der Waals surface area contributed by atoms with Gasteiger partial charge in [-0.15, -0.1) is 0 Å². The first-order valence-corrected chi connectivity index (χ1v) is 15.6. The van der Waals surface area contributed by atoms with E-state index in [9.17, 15) is 23.2 Å². The van der Waals surface area contributed by atoms with E-state index in [4.69, 9.17) is 0 Å². The molecule has 0 radical (unpaired) electrons. The van der Waals surface area contributed by atoms with Gasteiger partial charge in [0.25, 0.3) is 5.91 Å². The van der Waals surface area contributed by atoms with Gasteiger partial charge in [-0.1, -0.05) is 51.3 Å². The second kappa shape index (κ2) is 13.4. The fraction of sp³-hybridized carbons (Fsp3) is 0.559.